The summed E-state index contributed by atoms with van der Waals surface area (Å²) in [7, 11) is 0. The topological polar surface area (TPSA) is 69.4 Å². The minimum Gasteiger partial charge on any atom is -0.406 e. The molecule has 20 heavy (non-hydrogen) atoms. The molecule has 0 amide bonds. The highest BCUT2D eigenvalue weighted by atomic mass is 35.5. The first-order valence-corrected chi connectivity index (χ1v) is 6.01. The Morgan fingerprint density at radius 1 is 1.25 bits per heavy atom. The van der Waals surface area contributed by atoms with Crippen LogP contribution in [0.5, 0.6) is 11.5 Å². The molecule has 1 aliphatic heterocycles. The van der Waals surface area contributed by atoms with Gasteiger partial charge >= 0.3 is 12.3 Å². The van der Waals surface area contributed by atoms with E-state index >= 15 is 0 Å². The quantitative estimate of drug-likeness (QED) is 0.876. The Morgan fingerprint density at radius 3 is 2.70 bits per heavy atom. The van der Waals surface area contributed by atoms with Crippen LogP contribution in [0.2, 0.25) is 0 Å². The smallest absolute Gasteiger partial charge is 0.406 e. The fourth-order valence-electron chi connectivity index (χ4n) is 1.60. The number of hydrogen-bond acceptors (Lipinski definition) is 6. The zero-order valence-corrected chi connectivity index (χ0v) is 10.8. The van der Waals surface area contributed by atoms with E-state index in [1.54, 1.807) is 6.92 Å². The van der Waals surface area contributed by atoms with Crippen molar-refractivity contribution in [2.75, 3.05) is 5.32 Å². The number of halogens is 3. The Labute approximate surface area is 116 Å². The predicted molar refractivity (Wildman–Crippen MR) is 64.5 cm³/mol. The Morgan fingerprint density at radius 2 is 2.00 bits per heavy atom. The highest BCUT2D eigenvalue weighted by molar-refractivity contribution is 6.20. The third kappa shape index (κ3) is 2.46. The number of fused-ring (bicyclic) bond motifs is 1. The van der Waals surface area contributed by atoms with E-state index in [1.165, 1.54) is 18.2 Å². The van der Waals surface area contributed by atoms with E-state index in [0.29, 0.717) is 5.69 Å². The number of hydrogen-bond donors (Lipinski definition) is 1. The van der Waals surface area contributed by atoms with Crippen molar-refractivity contribution < 1.29 is 22.7 Å². The molecule has 0 radical (unpaired) electrons. The summed E-state index contributed by atoms with van der Waals surface area (Å²) in [6.07, 6.45) is -3.65. The monoisotopic (exact) mass is 303 g/mol. The maximum Gasteiger partial charge on any atom is 0.586 e. The van der Waals surface area contributed by atoms with Crippen LogP contribution in [0, 0.1) is 0 Å². The van der Waals surface area contributed by atoms with E-state index in [9.17, 15) is 8.78 Å². The van der Waals surface area contributed by atoms with Gasteiger partial charge in [0.15, 0.2) is 11.5 Å². The molecular formula is C11H8ClF2N3O3. The number of nitrogens with zero attached hydrogens (tertiary/aromatic N) is 2. The van der Waals surface area contributed by atoms with Crippen molar-refractivity contribution in [1.82, 2.24) is 10.2 Å². The van der Waals surface area contributed by atoms with Crippen molar-refractivity contribution >= 4 is 23.3 Å². The first-order chi connectivity index (χ1) is 9.43. The van der Waals surface area contributed by atoms with Crippen LogP contribution in [0.15, 0.2) is 22.6 Å². The van der Waals surface area contributed by atoms with Crippen LogP contribution in [0.4, 0.5) is 20.5 Å². The van der Waals surface area contributed by atoms with Gasteiger partial charge in [0.2, 0.25) is 5.89 Å². The van der Waals surface area contributed by atoms with Crippen molar-refractivity contribution in [1.29, 1.82) is 0 Å². The number of ether oxygens (including phenoxy) is 2. The molecule has 1 aromatic carbocycles. The largest absolute Gasteiger partial charge is 0.586 e. The number of aromatic nitrogens is 2. The minimum atomic E-state index is -3.65. The lowest BCUT2D eigenvalue weighted by Crippen LogP contribution is -2.25. The van der Waals surface area contributed by atoms with Crippen molar-refractivity contribution in [2.24, 2.45) is 0 Å². The molecule has 3 rings (SSSR count). The van der Waals surface area contributed by atoms with Crippen LogP contribution in [0.1, 0.15) is 18.2 Å². The van der Waals surface area contributed by atoms with E-state index in [4.69, 9.17) is 16.0 Å². The molecule has 2 aromatic rings. The summed E-state index contributed by atoms with van der Waals surface area (Å²) in [6, 6.07) is 4.29. The average Bonchev–Trinajstić information content (AvgIpc) is 2.91. The van der Waals surface area contributed by atoms with Gasteiger partial charge < -0.3 is 19.2 Å². The van der Waals surface area contributed by atoms with Gasteiger partial charge in [-0.3, -0.25) is 0 Å². The van der Waals surface area contributed by atoms with Crippen molar-refractivity contribution in [3.05, 3.63) is 24.1 Å². The van der Waals surface area contributed by atoms with Gasteiger partial charge in [-0.05, 0) is 19.1 Å². The summed E-state index contributed by atoms with van der Waals surface area (Å²) in [5, 5.41) is 9.78. The summed E-state index contributed by atoms with van der Waals surface area (Å²) in [4.78, 5) is 0. The fraction of sp³-hybridized carbons (Fsp3) is 0.273. The van der Waals surface area contributed by atoms with Crippen molar-refractivity contribution in [3.63, 3.8) is 0 Å². The molecule has 1 N–H and O–H groups in total. The molecule has 1 atom stereocenters. The van der Waals surface area contributed by atoms with E-state index in [0.717, 1.165) is 0 Å². The summed E-state index contributed by atoms with van der Waals surface area (Å²) >= 11 is 5.78. The Balaban J connectivity index is 1.79. The third-order valence-corrected chi connectivity index (χ3v) is 2.62. The second kappa shape index (κ2) is 4.48. The molecule has 1 aromatic heterocycles. The predicted octanol–water partition coefficient (Wildman–Crippen LogP) is 3.43. The normalized spacial score (nSPS) is 17.0. The van der Waals surface area contributed by atoms with Crippen LogP contribution < -0.4 is 14.8 Å². The van der Waals surface area contributed by atoms with Crippen LogP contribution in [0.25, 0.3) is 0 Å². The lowest BCUT2D eigenvalue weighted by Gasteiger charge is -2.04. The summed E-state index contributed by atoms with van der Waals surface area (Å²) in [5.41, 5.74) is 0.433. The van der Waals surface area contributed by atoms with E-state index in [-0.39, 0.29) is 23.4 Å². The first-order valence-electron chi connectivity index (χ1n) is 5.57. The van der Waals surface area contributed by atoms with E-state index in [2.05, 4.69) is 25.0 Å². The molecule has 9 heteroatoms. The first kappa shape index (κ1) is 12.9. The van der Waals surface area contributed by atoms with Gasteiger partial charge in [0.1, 0.15) is 5.38 Å². The molecule has 2 heterocycles. The van der Waals surface area contributed by atoms with Gasteiger partial charge in [0, 0.05) is 11.8 Å². The Kier molecular flexibility index (Phi) is 2.89. The van der Waals surface area contributed by atoms with Crippen LogP contribution in [-0.2, 0) is 0 Å². The summed E-state index contributed by atoms with van der Waals surface area (Å²) in [5.74, 6) is 0.132. The SMILES string of the molecule is CC(Cl)c1nnc(Nc2ccc3c(c2)OC(F)(F)O3)o1. The average molecular weight is 304 g/mol. The number of nitrogens with one attached hydrogen (secondary N) is 1. The van der Waals surface area contributed by atoms with Gasteiger partial charge in [0.25, 0.3) is 0 Å². The van der Waals surface area contributed by atoms with Gasteiger partial charge in [-0.2, -0.15) is 0 Å². The number of benzene rings is 1. The highest BCUT2D eigenvalue weighted by Gasteiger charge is 2.43. The van der Waals surface area contributed by atoms with Gasteiger partial charge in [-0.25, -0.2) is 0 Å². The molecule has 0 saturated carbocycles. The molecule has 0 saturated heterocycles. The van der Waals surface area contributed by atoms with Crippen LogP contribution >= 0.6 is 11.6 Å². The molecule has 0 spiro atoms. The molecule has 0 bridgehead atoms. The molecule has 0 fully saturated rings. The molecule has 1 unspecified atom stereocenters. The third-order valence-electron chi connectivity index (χ3n) is 2.43. The zero-order valence-electron chi connectivity index (χ0n) is 10.1. The minimum absolute atomic E-state index is 0.0406. The molecular weight excluding hydrogens is 296 g/mol. The van der Waals surface area contributed by atoms with E-state index < -0.39 is 11.7 Å². The molecule has 0 aliphatic carbocycles. The van der Waals surface area contributed by atoms with Crippen molar-refractivity contribution in [2.45, 2.75) is 18.6 Å². The number of anilines is 2. The van der Waals surface area contributed by atoms with Crippen LogP contribution in [-0.4, -0.2) is 16.5 Å². The van der Waals surface area contributed by atoms with Gasteiger partial charge in [-0.15, -0.1) is 25.5 Å². The number of rotatable bonds is 3. The van der Waals surface area contributed by atoms with Gasteiger partial charge in [0.05, 0.1) is 0 Å². The fourth-order valence-corrected chi connectivity index (χ4v) is 1.68. The Hall–Kier alpha value is -2.09. The highest BCUT2D eigenvalue weighted by Crippen LogP contribution is 2.42. The molecule has 1 aliphatic rings. The standard InChI is InChI=1S/C11H8ClF2N3O3/c1-5(12)9-16-17-10(18-9)15-6-2-3-7-8(4-6)20-11(13,14)19-7/h2-5H,1H3,(H,15,17). The summed E-state index contributed by atoms with van der Waals surface area (Å²) in [6.45, 7) is 1.68. The van der Waals surface area contributed by atoms with E-state index in [1.807, 2.05) is 0 Å². The zero-order chi connectivity index (χ0) is 14.3. The number of alkyl halides is 3. The second-order valence-electron chi connectivity index (χ2n) is 4.02. The Bertz CT molecular complexity index is 648. The lowest BCUT2D eigenvalue weighted by atomic mass is 10.3. The molecule has 106 valence electrons. The van der Waals surface area contributed by atoms with Crippen LogP contribution in [0.3, 0.4) is 0 Å². The maximum atomic E-state index is 12.9. The van der Waals surface area contributed by atoms with Gasteiger partial charge in [-0.1, -0.05) is 5.10 Å². The second-order valence-corrected chi connectivity index (χ2v) is 4.67. The summed E-state index contributed by atoms with van der Waals surface area (Å²) < 4.78 is 39.6. The molecule has 6 nitrogen and oxygen atoms in total. The lowest BCUT2D eigenvalue weighted by molar-refractivity contribution is -0.286. The maximum absolute atomic E-state index is 12.9. The van der Waals surface area contributed by atoms with Crippen molar-refractivity contribution in [3.8, 4) is 11.5 Å².